The highest BCUT2D eigenvalue weighted by Crippen LogP contribution is 2.19. The van der Waals surface area contributed by atoms with Gasteiger partial charge in [0.2, 0.25) is 5.91 Å². The lowest BCUT2D eigenvalue weighted by molar-refractivity contribution is -0.133. The van der Waals surface area contributed by atoms with Gasteiger partial charge in [-0.25, -0.2) is 4.39 Å². The van der Waals surface area contributed by atoms with E-state index in [4.69, 9.17) is 0 Å². The van der Waals surface area contributed by atoms with Crippen LogP contribution in [0.25, 0.3) is 0 Å². The summed E-state index contributed by atoms with van der Waals surface area (Å²) in [5.41, 5.74) is 1.02. The first-order valence-corrected chi connectivity index (χ1v) is 11.7. The number of rotatable bonds is 10. The highest BCUT2D eigenvalue weighted by atomic mass is 32.1. The fourth-order valence-corrected chi connectivity index (χ4v) is 4.37. The van der Waals surface area contributed by atoms with Gasteiger partial charge in [-0.2, -0.15) is 0 Å². The molecule has 1 aromatic heterocycles. The van der Waals surface area contributed by atoms with Gasteiger partial charge in [0.1, 0.15) is 12.4 Å². The largest absolute Gasteiger partial charge is 0.332 e. The number of halogens is 1. The molecule has 0 unspecified atom stereocenters. The molecule has 0 atom stereocenters. The van der Waals surface area contributed by atoms with Gasteiger partial charge < -0.3 is 9.80 Å². The topological polar surface area (TPSA) is 40.6 Å². The summed E-state index contributed by atoms with van der Waals surface area (Å²) in [6.45, 7) is 5.32. The Morgan fingerprint density at radius 1 is 0.906 bits per heavy atom. The Bertz CT molecular complexity index is 1040. The van der Waals surface area contributed by atoms with Gasteiger partial charge in [0.05, 0.1) is 12.1 Å². The highest BCUT2D eigenvalue weighted by Gasteiger charge is 2.24. The van der Waals surface area contributed by atoms with Crippen molar-refractivity contribution in [1.82, 2.24) is 9.80 Å². The molecule has 0 saturated heterocycles. The van der Waals surface area contributed by atoms with Crippen molar-refractivity contribution in [3.63, 3.8) is 0 Å². The first-order valence-electron chi connectivity index (χ1n) is 10.9. The van der Waals surface area contributed by atoms with Crippen molar-refractivity contribution < 1.29 is 14.0 Å². The second-order valence-electron chi connectivity index (χ2n) is 7.81. The van der Waals surface area contributed by atoms with Crippen molar-refractivity contribution in [1.29, 1.82) is 0 Å². The first-order chi connectivity index (χ1) is 15.5. The third-order valence-corrected chi connectivity index (χ3v) is 6.20. The predicted octanol–water partition coefficient (Wildman–Crippen LogP) is 5.67. The fourth-order valence-electron chi connectivity index (χ4n) is 3.46. The van der Waals surface area contributed by atoms with Crippen molar-refractivity contribution in [3.05, 3.63) is 93.4 Å². The van der Waals surface area contributed by atoms with E-state index in [1.165, 1.54) is 21.9 Å². The molecule has 4 nitrogen and oxygen atoms in total. The summed E-state index contributed by atoms with van der Waals surface area (Å²) >= 11 is 1.66. The first kappa shape index (κ1) is 23.7. The fraction of sp³-hybridized carbons (Fsp3) is 0.308. The molecule has 1 heterocycles. The molecule has 0 aliphatic carbocycles. The molecule has 0 radical (unpaired) electrons. The summed E-state index contributed by atoms with van der Waals surface area (Å²) in [7, 11) is 0. The Morgan fingerprint density at radius 3 is 2.28 bits per heavy atom. The average molecular weight is 453 g/mol. The van der Waals surface area contributed by atoms with E-state index in [1.807, 2.05) is 56.3 Å². The molecule has 32 heavy (non-hydrogen) atoms. The zero-order chi connectivity index (χ0) is 22.9. The molecular formula is C26H29FN2O2S. The zero-order valence-electron chi connectivity index (χ0n) is 18.6. The number of unbranched alkanes of at least 4 members (excludes halogenated alkanes) is 1. The van der Waals surface area contributed by atoms with Gasteiger partial charge in [-0.1, -0.05) is 55.8 Å². The number of hydrogen-bond donors (Lipinski definition) is 0. The van der Waals surface area contributed by atoms with Crippen LogP contribution in [0, 0.1) is 12.7 Å². The summed E-state index contributed by atoms with van der Waals surface area (Å²) in [4.78, 5) is 32.0. The summed E-state index contributed by atoms with van der Waals surface area (Å²) < 4.78 is 14.3. The van der Waals surface area contributed by atoms with Gasteiger partial charge in [0.15, 0.2) is 0 Å². The minimum absolute atomic E-state index is 0.0000981. The van der Waals surface area contributed by atoms with Crippen LogP contribution in [0.3, 0.4) is 0 Å². The summed E-state index contributed by atoms with van der Waals surface area (Å²) in [5.74, 6) is -1.17. The van der Waals surface area contributed by atoms with Crippen LogP contribution in [-0.2, 0) is 17.9 Å². The van der Waals surface area contributed by atoms with Crippen molar-refractivity contribution in [2.45, 2.75) is 39.8 Å². The van der Waals surface area contributed by atoms with E-state index < -0.39 is 11.7 Å². The molecule has 3 aromatic rings. The molecule has 0 aliphatic heterocycles. The molecule has 2 aromatic carbocycles. The number of carbonyl (C=O) groups is 2. The third-order valence-electron chi connectivity index (χ3n) is 5.21. The Balaban J connectivity index is 1.81. The molecular weight excluding hydrogens is 423 g/mol. The number of amides is 2. The van der Waals surface area contributed by atoms with E-state index in [0.29, 0.717) is 19.6 Å². The van der Waals surface area contributed by atoms with Crippen molar-refractivity contribution in [2.24, 2.45) is 0 Å². The maximum atomic E-state index is 14.3. The minimum atomic E-state index is -0.568. The van der Waals surface area contributed by atoms with Crippen molar-refractivity contribution in [2.75, 3.05) is 13.1 Å². The Kier molecular flexibility index (Phi) is 8.56. The molecule has 2 amide bonds. The number of thiophene rings is 1. The van der Waals surface area contributed by atoms with Gasteiger partial charge >= 0.3 is 0 Å². The predicted molar refractivity (Wildman–Crippen MR) is 127 cm³/mol. The number of aryl methyl sites for hydroxylation is 1. The smallest absolute Gasteiger partial charge is 0.257 e. The van der Waals surface area contributed by atoms with Gasteiger partial charge in [0.25, 0.3) is 5.91 Å². The normalized spacial score (nSPS) is 10.7. The molecule has 0 spiro atoms. The Hall–Kier alpha value is -2.99. The van der Waals surface area contributed by atoms with Crippen LogP contribution in [-0.4, -0.2) is 34.7 Å². The molecule has 0 N–H and O–H groups in total. The van der Waals surface area contributed by atoms with E-state index in [1.54, 1.807) is 28.4 Å². The van der Waals surface area contributed by atoms with E-state index in [2.05, 4.69) is 0 Å². The Morgan fingerprint density at radius 2 is 1.62 bits per heavy atom. The summed E-state index contributed by atoms with van der Waals surface area (Å²) in [6, 6.07) is 19.8. The standard InChI is InChI=1S/C26H29FN2O2S/c1-3-4-16-28(26(31)23-12-8-9-13-24(23)27)19-25(30)29(17-21-10-6-5-7-11-21)18-22-15-14-20(2)32-22/h5-15H,3-4,16-19H2,1-2H3. The zero-order valence-corrected chi connectivity index (χ0v) is 19.4. The van der Waals surface area contributed by atoms with E-state index in [0.717, 1.165) is 23.3 Å². The lowest BCUT2D eigenvalue weighted by Gasteiger charge is -2.28. The van der Waals surface area contributed by atoms with Crippen molar-refractivity contribution >= 4 is 23.2 Å². The molecule has 3 rings (SSSR count). The third kappa shape index (κ3) is 6.50. The average Bonchev–Trinajstić information content (AvgIpc) is 3.21. The van der Waals surface area contributed by atoms with Gasteiger partial charge in [0, 0.05) is 22.8 Å². The van der Waals surface area contributed by atoms with Gasteiger partial charge in [-0.05, 0) is 43.2 Å². The minimum Gasteiger partial charge on any atom is -0.332 e. The van der Waals surface area contributed by atoms with E-state index in [9.17, 15) is 14.0 Å². The number of nitrogens with zero attached hydrogens (tertiary/aromatic N) is 2. The number of hydrogen-bond acceptors (Lipinski definition) is 3. The second-order valence-corrected chi connectivity index (χ2v) is 9.18. The van der Waals surface area contributed by atoms with Crippen LogP contribution in [0.4, 0.5) is 4.39 Å². The van der Waals surface area contributed by atoms with Crippen LogP contribution in [0.2, 0.25) is 0 Å². The van der Waals surface area contributed by atoms with Crippen LogP contribution in [0.15, 0.2) is 66.7 Å². The monoisotopic (exact) mass is 452 g/mol. The summed E-state index contributed by atoms with van der Waals surface area (Å²) in [6.07, 6.45) is 1.62. The maximum absolute atomic E-state index is 14.3. The van der Waals surface area contributed by atoms with Gasteiger partial charge in [-0.3, -0.25) is 9.59 Å². The van der Waals surface area contributed by atoms with Crippen molar-refractivity contribution in [3.8, 4) is 0 Å². The van der Waals surface area contributed by atoms with Crippen LogP contribution >= 0.6 is 11.3 Å². The molecule has 0 saturated carbocycles. The second kappa shape index (κ2) is 11.6. The molecule has 6 heteroatoms. The lowest BCUT2D eigenvalue weighted by Crippen LogP contribution is -2.43. The SMILES string of the molecule is CCCCN(CC(=O)N(Cc1ccccc1)Cc1ccc(C)s1)C(=O)c1ccccc1F. The molecule has 168 valence electrons. The number of carbonyl (C=O) groups excluding carboxylic acids is 2. The van der Waals surface area contributed by atoms with Crippen LogP contribution in [0.5, 0.6) is 0 Å². The van der Waals surface area contributed by atoms with Gasteiger partial charge in [-0.15, -0.1) is 11.3 Å². The lowest BCUT2D eigenvalue weighted by atomic mass is 10.1. The summed E-state index contributed by atoms with van der Waals surface area (Å²) in [5, 5.41) is 0. The van der Waals surface area contributed by atoms with Crippen LogP contribution < -0.4 is 0 Å². The highest BCUT2D eigenvalue weighted by molar-refractivity contribution is 7.11. The molecule has 0 fully saturated rings. The number of benzene rings is 2. The Labute approximate surface area is 193 Å². The molecule has 0 bridgehead atoms. The van der Waals surface area contributed by atoms with E-state index in [-0.39, 0.29) is 18.0 Å². The quantitative estimate of drug-likeness (QED) is 0.398. The molecule has 0 aliphatic rings. The van der Waals surface area contributed by atoms with E-state index >= 15 is 0 Å². The van der Waals surface area contributed by atoms with Crippen LogP contribution in [0.1, 0.15) is 45.4 Å². The maximum Gasteiger partial charge on any atom is 0.257 e.